The van der Waals surface area contributed by atoms with Gasteiger partial charge in [0.25, 0.3) is 5.91 Å². The van der Waals surface area contributed by atoms with Crippen LogP contribution < -0.4 is 11.1 Å². The fourth-order valence-corrected chi connectivity index (χ4v) is 5.95. The maximum absolute atomic E-state index is 13.4. The first kappa shape index (κ1) is 23.5. The van der Waals surface area contributed by atoms with Crippen LogP contribution in [0.4, 0.5) is 0 Å². The van der Waals surface area contributed by atoms with Gasteiger partial charge >= 0.3 is 0 Å². The minimum absolute atomic E-state index is 0.0239. The fourth-order valence-electron chi connectivity index (χ4n) is 5.95. The van der Waals surface area contributed by atoms with Crippen molar-refractivity contribution in [2.75, 3.05) is 0 Å². The van der Waals surface area contributed by atoms with Crippen molar-refractivity contribution in [3.05, 3.63) is 69.8 Å². The Morgan fingerprint density at radius 2 is 2.00 bits per heavy atom. The van der Waals surface area contributed by atoms with Gasteiger partial charge in [-0.15, -0.1) is 0 Å². The van der Waals surface area contributed by atoms with E-state index in [9.17, 15) is 14.7 Å². The van der Waals surface area contributed by atoms with Crippen molar-refractivity contribution in [2.45, 2.75) is 83.0 Å². The van der Waals surface area contributed by atoms with E-state index in [-0.39, 0.29) is 29.7 Å². The molecule has 2 aromatic carbocycles. The van der Waals surface area contributed by atoms with Gasteiger partial charge in [0.05, 0.1) is 30.1 Å². The molecule has 7 nitrogen and oxygen atoms in total. The van der Waals surface area contributed by atoms with Gasteiger partial charge in [-0.25, -0.2) is 4.99 Å². The highest BCUT2D eigenvalue weighted by Gasteiger charge is 2.42. The lowest BCUT2D eigenvalue weighted by Gasteiger charge is -2.38. The lowest BCUT2D eigenvalue weighted by molar-refractivity contribution is -0.131. The van der Waals surface area contributed by atoms with Crippen LogP contribution in [0.2, 0.25) is 0 Å². The Morgan fingerprint density at radius 1 is 1.26 bits per heavy atom. The van der Waals surface area contributed by atoms with Gasteiger partial charge in [0.1, 0.15) is 0 Å². The maximum Gasteiger partial charge on any atom is 0.252 e. The number of aliphatic hydroxyl groups is 1. The molecule has 1 heterocycles. The predicted octanol–water partition coefficient (Wildman–Crippen LogP) is 3.65. The molecule has 0 saturated carbocycles. The van der Waals surface area contributed by atoms with Crippen LogP contribution in [-0.2, 0) is 11.2 Å². The van der Waals surface area contributed by atoms with Crippen LogP contribution in [0.1, 0.15) is 96.2 Å². The third-order valence-electron chi connectivity index (χ3n) is 8.14. The smallest absolute Gasteiger partial charge is 0.252 e. The van der Waals surface area contributed by atoms with Crippen LogP contribution in [0, 0.1) is 6.92 Å². The van der Waals surface area contributed by atoms with Crippen molar-refractivity contribution in [3.63, 3.8) is 0 Å². The molecule has 0 bridgehead atoms. The second-order valence-electron chi connectivity index (χ2n) is 10.6. The number of aliphatic imine (C=N–C) groups is 1. The van der Waals surface area contributed by atoms with Crippen LogP contribution in [-0.4, -0.2) is 39.4 Å². The second kappa shape index (κ2) is 8.48. The van der Waals surface area contributed by atoms with E-state index in [2.05, 4.69) is 23.3 Å². The van der Waals surface area contributed by atoms with Crippen molar-refractivity contribution in [1.29, 1.82) is 0 Å². The summed E-state index contributed by atoms with van der Waals surface area (Å²) in [5.41, 5.74) is 11.4. The number of rotatable bonds is 4. The second-order valence-corrected chi connectivity index (χ2v) is 10.6. The summed E-state index contributed by atoms with van der Waals surface area (Å²) in [5, 5.41) is 13.7. The molecule has 7 heteroatoms. The molecule has 2 aromatic rings. The van der Waals surface area contributed by atoms with E-state index in [1.54, 1.807) is 4.90 Å². The summed E-state index contributed by atoms with van der Waals surface area (Å²) in [7, 11) is 0. The Kier molecular flexibility index (Phi) is 5.71. The van der Waals surface area contributed by atoms with E-state index >= 15 is 0 Å². The zero-order chi connectivity index (χ0) is 25.1. The Bertz CT molecular complexity index is 1240. The van der Waals surface area contributed by atoms with E-state index in [0.717, 1.165) is 40.7 Å². The van der Waals surface area contributed by atoms with E-state index in [0.29, 0.717) is 18.4 Å². The average molecular weight is 475 g/mol. The summed E-state index contributed by atoms with van der Waals surface area (Å²) in [6.07, 6.45) is 1.66. The fraction of sp³-hybridized carbons (Fsp3) is 0.464. The Hall–Kier alpha value is -3.19. The van der Waals surface area contributed by atoms with Crippen molar-refractivity contribution in [3.8, 4) is 0 Å². The first-order chi connectivity index (χ1) is 16.6. The molecule has 35 heavy (non-hydrogen) atoms. The summed E-state index contributed by atoms with van der Waals surface area (Å²) in [4.78, 5) is 33.0. The van der Waals surface area contributed by atoms with Crippen molar-refractivity contribution in [1.82, 2.24) is 10.2 Å². The number of aliphatic hydroxyl groups excluding tert-OH is 1. The Morgan fingerprint density at radius 3 is 2.71 bits per heavy atom. The van der Waals surface area contributed by atoms with Gasteiger partial charge in [-0.05, 0) is 66.5 Å². The van der Waals surface area contributed by atoms with Gasteiger partial charge in [-0.1, -0.05) is 44.2 Å². The minimum Gasteiger partial charge on any atom is -0.390 e. The largest absolute Gasteiger partial charge is 0.390 e. The molecule has 1 aliphatic heterocycles. The van der Waals surface area contributed by atoms with E-state index in [1.165, 1.54) is 0 Å². The number of carbonyl (C=O) groups excluding carboxylic acids is 2. The number of nitrogens with one attached hydrogen (secondary N) is 1. The van der Waals surface area contributed by atoms with Crippen molar-refractivity contribution < 1.29 is 14.7 Å². The molecule has 4 N–H and O–H groups in total. The first-order valence-electron chi connectivity index (χ1n) is 12.5. The molecule has 3 aliphatic rings. The number of hydrogen-bond acceptors (Lipinski definition) is 5. The van der Waals surface area contributed by atoms with Crippen LogP contribution >= 0.6 is 0 Å². The van der Waals surface area contributed by atoms with Crippen LogP contribution in [0.15, 0.2) is 41.4 Å². The Labute approximate surface area is 206 Å². The third-order valence-corrected chi connectivity index (χ3v) is 8.14. The monoisotopic (exact) mass is 474 g/mol. The highest BCUT2D eigenvalue weighted by atomic mass is 16.3. The molecule has 184 valence electrons. The highest BCUT2D eigenvalue weighted by Crippen LogP contribution is 2.46. The summed E-state index contributed by atoms with van der Waals surface area (Å²) >= 11 is 0. The van der Waals surface area contributed by atoms with E-state index in [1.807, 2.05) is 51.1 Å². The van der Waals surface area contributed by atoms with Crippen LogP contribution in [0.25, 0.3) is 0 Å². The summed E-state index contributed by atoms with van der Waals surface area (Å²) < 4.78 is 0. The van der Waals surface area contributed by atoms with Crippen molar-refractivity contribution in [2.24, 2.45) is 10.7 Å². The SMILES string of the molecule is CC[C@]1(C)CC(=O)N([C@@H]2C[C@@H](C)c3cc(C)c(C(=O)N[C@@H]4c5ccccc5C[C@@H]4O)cc32)C(N)=N1. The van der Waals surface area contributed by atoms with Crippen LogP contribution in [0.3, 0.4) is 0 Å². The van der Waals surface area contributed by atoms with Gasteiger partial charge < -0.3 is 16.2 Å². The molecule has 0 radical (unpaired) electrons. The Balaban J connectivity index is 1.47. The van der Waals surface area contributed by atoms with Gasteiger partial charge in [0.2, 0.25) is 5.91 Å². The summed E-state index contributed by atoms with van der Waals surface area (Å²) in [6, 6.07) is 11.1. The molecule has 0 aromatic heterocycles. The normalized spacial score (nSPS) is 29.6. The van der Waals surface area contributed by atoms with Gasteiger partial charge in [0.15, 0.2) is 5.96 Å². The number of aryl methyl sites for hydroxylation is 1. The predicted molar refractivity (Wildman–Crippen MR) is 135 cm³/mol. The number of benzene rings is 2. The number of hydrogen-bond donors (Lipinski definition) is 3. The molecule has 5 atom stereocenters. The van der Waals surface area contributed by atoms with Gasteiger partial charge in [0, 0.05) is 12.0 Å². The van der Waals surface area contributed by atoms with Gasteiger partial charge in [-0.3, -0.25) is 14.5 Å². The highest BCUT2D eigenvalue weighted by molar-refractivity contribution is 6.00. The minimum atomic E-state index is -0.659. The van der Waals surface area contributed by atoms with Gasteiger partial charge in [-0.2, -0.15) is 0 Å². The molecular formula is C28H34N4O3. The quantitative estimate of drug-likeness (QED) is 0.629. The topological polar surface area (TPSA) is 108 Å². The molecule has 0 unspecified atom stereocenters. The lowest BCUT2D eigenvalue weighted by atomic mass is 9.92. The number of amides is 2. The summed E-state index contributed by atoms with van der Waals surface area (Å²) in [5.74, 6) is 0.237. The molecule has 0 saturated heterocycles. The van der Waals surface area contributed by atoms with Crippen LogP contribution in [0.5, 0.6) is 0 Å². The number of nitrogens with two attached hydrogens (primary N) is 1. The number of nitrogens with zero attached hydrogens (tertiary/aromatic N) is 2. The van der Waals surface area contributed by atoms with Crippen molar-refractivity contribution >= 4 is 17.8 Å². The molecule has 0 fully saturated rings. The number of guanidine groups is 1. The maximum atomic E-state index is 13.4. The first-order valence-corrected chi connectivity index (χ1v) is 12.5. The summed E-state index contributed by atoms with van der Waals surface area (Å²) in [6.45, 7) is 8.05. The lowest BCUT2D eigenvalue weighted by Crippen LogP contribution is -2.51. The number of fused-ring (bicyclic) bond motifs is 2. The molecule has 2 aliphatic carbocycles. The third kappa shape index (κ3) is 3.92. The molecular weight excluding hydrogens is 440 g/mol. The number of carbonyl (C=O) groups is 2. The molecule has 5 rings (SSSR count). The van der Waals surface area contributed by atoms with E-state index < -0.39 is 17.7 Å². The zero-order valence-electron chi connectivity index (χ0n) is 20.8. The average Bonchev–Trinajstić information content (AvgIpc) is 3.28. The van der Waals surface area contributed by atoms with E-state index in [4.69, 9.17) is 5.73 Å². The molecule has 0 spiro atoms. The standard InChI is InChI=1S/C28H34N4O3/c1-5-28(4)14-24(34)32(27(29)31-28)22-11-16(3)19-10-15(2)20(13-21(19)22)26(35)30-25-18-9-7-6-8-17(18)12-23(25)33/h6-10,13,16,22-23,25,33H,5,11-12,14H2,1-4H3,(H2,29,31)(H,30,35)/t16-,22-,23+,25-,28-/m1/s1. The zero-order valence-corrected chi connectivity index (χ0v) is 20.8. The molecule has 2 amide bonds.